The van der Waals surface area contributed by atoms with Crippen molar-refractivity contribution in [3.05, 3.63) is 0 Å². The molecule has 0 saturated carbocycles. The van der Waals surface area contributed by atoms with Crippen molar-refractivity contribution in [2.24, 2.45) is 0 Å². The second-order valence-electron chi connectivity index (χ2n) is 2.09. The minimum Gasteiger partial charge on any atom is -0.469 e. The molecular formula is C6H13INO5+. The fraction of sp³-hybridized carbons (Fsp3) is 0.833. The number of carbonyl (C=O) groups excluding carboxylic acids is 1. The van der Waals surface area contributed by atoms with Crippen LogP contribution in [-0.2, 0) is 22.4 Å². The minimum absolute atomic E-state index is 0.154. The van der Waals surface area contributed by atoms with Crippen LogP contribution in [0.4, 0.5) is 0 Å². The average molecular weight is 306 g/mol. The third-order valence-electron chi connectivity index (χ3n) is 1.48. The van der Waals surface area contributed by atoms with Gasteiger partial charge < -0.3 is 4.74 Å². The number of esters is 1. The van der Waals surface area contributed by atoms with Crippen molar-refractivity contribution in [3.8, 4) is 0 Å². The number of ether oxygens (including phenoxy) is 1. The summed E-state index contributed by atoms with van der Waals surface area (Å²) in [5.41, 5.74) is 0. The standard InChI is InChI=1S/C6H13INO5/c1-10-6(9)4-5-8(11-2,12-3)13-7/h4-5H2,1-3H3/q+1. The molecule has 0 heterocycles. The summed E-state index contributed by atoms with van der Waals surface area (Å²) in [4.78, 5) is 20.1. The van der Waals surface area contributed by atoms with Crippen LogP contribution >= 0.6 is 23.0 Å². The van der Waals surface area contributed by atoms with Gasteiger partial charge in [0, 0.05) is 0 Å². The van der Waals surface area contributed by atoms with Gasteiger partial charge in [0.15, 0.2) is 29.6 Å². The summed E-state index contributed by atoms with van der Waals surface area (Å²) in [5.74, 6) is -0.343. The number of hydrogen-bond acceptors (Lipinski definition) is 5. The molecule has 0 N–H and O–H groups in total. The average Bonchev–Trinajstić information content (AvgIpc) is 2.20. The molecule has 0 radical (unpaired) electrons. The van der Waals surface area contributed by atoms with Crippen molar-refractivity contribution in [1.29, 1.82) is 0 Å². The first-order valence-corrected chi connectivity index (χ1v) is 4.39. The maximum absolute atomic E-state index is 10.8. The first-order chi connectivity index (χ1) is 6.14. The molecule has 0 spiro atoms. The SMILES string of the molecule is COC(=O)CC[N+](OC)(OC)OI. The van der Waals surface area contributed by atoms with E-state index in [0.29, 0.717) is 0 Å². The highest BCUT2D eigenvalue weighted by Gasteiger charge is 2.32. The Labute approximate surface area is 90.8 Å². The van der Waals surface area contributed by atoms with Crippen LogP contribution in [-0.4, -0.2) is 38.8 Å². The monoisotopic (exact) mass is 306 g/mol. The molecule has 0 amide bonds. The van der Waals surface area contributed by atoms with E-state index in [-0.39, 0.29) is 18.9 Å². The summed E-state index contributed by atoms with van der Waals surface area (Å²) in [6.45, 7) is 0.225. The maximum atomic E-state index is 10.8. The molecule has 7 heteroatoms. The summed E-state index contributed by atoms with van der Waals surface area (Å²) in [7, 11) is 4.15. The molecule has 0 aromatic rings. The van der Waals surface area contributed by atoms with E-state index in [0.717, 1.165) is 0 Å². The lowest BCUT2D eigenvalue weighted by Gasteiger charge is -2.22. The predicted octanol–water partition coefficient (Wildman–Crippen LogP) is 0.771. The zero-order chi connectivity index (χ0) is 10.3. The normalized spacial score (nSPS) is 11.4. The van der Waals surface area contributed by atoms with Gasteiger partial charge >= 0.3 is 5.97 Å². The Morgan fingerprint density at radius 1 is 1.31 bits per heavy atom. The second kappa shape index (κ2) is 6.49. The van der Waals surface area contributed by atoms with E-state index in [4.69, 9.17) is 12.8 Å². The van der Waals surface area contributed by atoms with Gasteiger partial charge in [-0.1, -0.05) is 3.17 Å². The number of halogens is 1. The van der Waals surface area contributed by atoms with Crippen LogP contribution in [0.15, 0.2) is 0 Å². The van der Waals surface area contributed by atoms with E-state index in [1.165, 1.54) is 21.3 Å². The quantitative estimate of drug-likeness (QED) is 0.314. The van der Waals surface area contributed by atoms with Gasteiger partial charge in [-0.15, -0.1) is 9.68 Å². The van der Waals surface area contributed by atoms with Gasteiger partial charge in [-0.25, -0.2) is 0 Å². The number of hydrogen-bond donors (Lipinski definition) is 0. The Morgan fingerprint density at radius 2 is 1.85 bits per heavy atom. The molecule has 0 atom stereocenters. The van der Waals surface area contributed by atoms with E-state index >= 15 is 0 Å². The van der Waals surface area contributed by atoms with Crippen molar-refractivity contribution in [2.75, 3.05) is 27.9 Å². The first kappa shape index (κ1) is 13.0. The Morgan fingerprint density at radius 3 is 2.15 bits per heavy atom. The Bertz CT molecular complexity index is 153. The van der Waals surface area contributed by atoms with Crippen molar-refractivity contribution in [3.63, 3.8) is 0 Å². The van der Waals surface area contributed by atoms with Crippen LogP contribution in [0.2, 0.25) is 0 Å². The molecule has 0 aliphatic rings. The molecule has 6 nitrogen and oxygen atoms in total. The van der Waals surface area contributed by atoms with Crippen LogP contribution in [0.25, 0.3) is 0 Å². The topological polar surface area (TPSA) is 54.0 Å². The molecule has 13 heavy (non-hydrogen) atoms. The molecule has 0 rings (SSSR count). The molecule has 0 aromatic heterocycles. The predicted molar refractivity (Wildman–Crippen MR) is 50.9 cm³/mol. The van der Waals surface area contributed by atoms with Crippen LogP contribution in [0.1, 0.15) is 6.42 Å². The second-order valence-corrected chi connectivity index (χ2v) is 2.49. The maximum Gasteiger partial charge on any atom is 0.311 e. The zero-order valence-electron chi connectivity index (χ0n) is 7.78. The molecule has 0 aliphatic heterocycles. The fourth-order valence-corrected chi connectivity index (χ4v) is 1.20. The Hall–Kier alpha value is 0.0400. The molecule has 0 bridgehead atoms. The van der Waals surface area contributed by atoms with Crippen molar-refractivity contribution >= 4 is 29.0 Å². The third kappa shape index (κ3) is 4.18. The number of nitrogens with zero attached hydrogens (tertiary/aromatic N) is 1. The van der Waals surface area contributed by atoms with Crippen molar-refractivity contribution in [1.82, 2.24) is 0 Å². The smallest absolute Gasteiger partial charge is 0.311 e. The van der Waals surface area contributed by atoms with Gasteiger partial charge in [-0.2, -0.15) is 0 Å². The lowest BCUT2D eigenvalue weighted by atomic mass is 10.4. The highest BCUT2D eigenvalue weighted by atomic mass is 127. The van der Waals surface area contributed by atoms with Gasteiger partial charge in [0.25, 0.3) is 0 Å². The third-order valence-corrected chi connectivity index (χ3v) is 2.08. The van der Waals surface area contributed by atoms with Gasteiger partial charge in [-0.05, 0) is 0 Å². The highest BCUT2D eigenvalue weighted by Crippen LogP contribution is 2.14. The summed E-state index contributed by atoms with van der Waals surface area (Å²) in [6.07, 6.45) is 0.154. The van der Waals surface area contributed by atoms with E-state index in [1.807, 2.05) is 0 Å². The zero-order valence-corrected chi connectivity index (χ0v) is 9.94. The van der Waals surface area contributed by atoms with Crippen LogP contribution < -0.4 is 0 Å². The number of rotatable bonds is 6. The van der Waals surface area contributed by atoms with Gasteiger partial charge in [0.05, 0.1) is 7.11 Å². The largest absolute Gasteiger partial charge is 0.469 e. The highest BCUT2D eigenvalue weighted by molar-refractivity contribution is 14.1. The summed E-state index contributed by atoms with van der Waals surface area (Å²) in [5, 5.41) is 0. The van der Waals surface area contributed by atoms with E-state index in [1.54, 1.807) is 23.0 Å². The number of hydroxylamine groups is 3. The number of methoxy groups -OCH3 is 1. The van der Waals surface area contributed by atoms with Gasteiger partial charge in [0.2, 0.25) is 0 Å². The number of quaternary nitrogens is 1. The summed E-state index contributed by atoms with van der Waals surface area (Å²) in [6, 6.07) is 0. The molecule has 0 aromatic carbocycles. The molecule has 0 aliphatic carbocycles. The Kier molecular flexibility index (Phi) is 6.51. The molecular weight excluding hydrogens is 293 g/mol. The molecule has 0 saturated heterocycles. The van der Waals surface area contributed by atoms with E-state index in [9.17, 15) is 4.79 Å². The minimum atomic E-state index is -0.504. The Balaban J connectivity index is 4.02. The van der Waals surface area contributed by atoms with Crippen LogP contribution in [0.3, 0.4) is 0 Å². The lowest BCUT2D eigenvalue weighted by Crippen LogP contribution is -2.44. The van der Waals surface area contributed by atoms with Crippen LogP contribution in [0.5, 0.6) is 0 Å². The van der Waals surface area contributed by atoms with Crippen molar-refractivity contribution < 1.29 is 27.3 Å². The van der Waals surface area contributed by atoms with Gasteiger partial charge in [-0.3, -0.25) is 4.79 Å². The van der Waals surface area contributed by atoms with Gasteiger partial charge in [0.1, 0.15) is 25.6 Å². The number of carbonyl (C=O) groups is 1. The molecule has 0 unspecified atom stereocenters. The fourth-order valence-electron chi connectivity index (χ4n) is 0.678. The molecule has 78 valence electrons. The molecule has 0 fully saturated rings. The summed E-state index contributed by atoms with van der Waals surface area (Å²) < 4.78 is 9.35. The first-order valence-electron chi connectivity index (χ1n) is 3.50. The summed E-state index contributed by atoms with van der Waals surface area (Å²) >= 11 is 1.63. The van der Waals surface area contributed by atoms with E-state index < -0.39 is 4.97 Å². The van der Waals surface area contributed by atoms with Crippen LogP contribution in [0, 0.1) is 0 Å². The van der Waals surface area contributed by atoms with Crippen molar-refractivity contribution in [2.45, 2.75) is 6.42 Å². The van der Waals surface area contributed by atoms with E-state index in [2.05, 4.69) is 4.74 Å². The lowest BCUT2D eigenvalue weighted by molar-refractivity contribution is -1.34.